The van der Waals surface area contributed by atoms with Crippen molar-refractivity contribution in [2.24, 2.45) is 0 Å². The molecule has 0 bridgehead atoms. The van der Waals surface area contributed by atoms with E-state index < -0.39 is 10.0 Å². The Balaban J connectivity index is 1.95. The monoisotopic (exact) mass is 320 g/mol. The number of benzene rings is 1. The van der Waals surface area contributed by atoms with Gasteiger partial charge in [-0.25, -0.2) is 8.42 Å². The van der Waals surface area contributed by atoms with Crippen molar-refractivity contribution in [1.82, 2.24) is 10.2 Å². The molecule has 116 valence electrons. The molecule has 2 aromatic rings. The van der Waals surface area contributed by atoms with Crippen LogP contribution in [0.15, 0.2) is 23.1 Å². The van der Waals surface area contributed by atoms with E-state index in [0.717, 1.165) is 11.3 Å². The Labute approximate surface area is 128 Å². The molecule has 1 aliphatic heterocycles. The molecular formula is C14H16N4O3S. The minimum Gasteiger partial charge on any atom is -0.315 e. The molecule has 0 saturated carbocycles. The topological polar surface area (TPSA) is 95.2 Å². The number of hydrogen-bond acceptors (Lipinski definition) is 4. The maximum absolute atomic E-state index is 12.5. The summed E-state index contributed by atoms with van der Waals surface area (Å²) in [5, 5.41) is 6.57. The summed E-state index contributed by atoms with van der Waals surface area (Å²) >= 11 is 0. The lowest BCUT2D eigenvalue weighted by Crippen LogP contribution is -2.20. The van der Waals surface area contributed by atoms with Gasteiger partial charge in [0.15, 0.2) is 0 Å². The SMILES string of the molecule is Cc1n[nH]c(C)c1S(=O)(=O)Nc1ccc2c(c1)CC(=O)N2C. The Bertz CT molecular complexity index is 851. The lowest BCUT2D eigenvalue weighted by Gasteiger charge is -2.12. The van der Waals surface area contributed by atoms with E-state index in [1.165, 1.54) is 0 Å². The van der Waals surface area contributed by atoms with Crippen molar-refractivity contribution in [2.75, 3.05) is 16.7 Å². The van der Waals surface area contributed by atoms with Crippen LogP contribution in [0.4, 0.5) is 11.4 Å². The average molecular weight is 320 g/mol. The van der Waals surface area contributed by atoms with Gasteiger partial charge >= 0.3 is 0 Å². The van der Waals surface area contributed by atoms with Gasteiger partial charge in [-0.05, 0) is 37.6 Å². The van der Waals surface area contributed by atoms with Gasteiger partial charge in [-0.3, -0.25) is 14.6 Å². The number of amides is 1. The fraction of sp³-hybridized carbons (Fsp3) is 0.286. The molecule has 0 fully saturated rings. The third-order valence-corrected chi connectivity index (χ3v) is 5.38. The summed E-state index contributed by atoms with van der Waals surface area (Å²) in [4.78, 5) is 13.4. The number of likely N-dealkylation sites (N-methyl/N-ethyl adjacent to an activating group) is 1. The minimum absolute atomic E-state index is 0.00321. The number of hydrogen-bond donors (Lipinski definition) is 2. The van der Waals surface area contributed by atoms with Gasteiger partial charge in [0, 0.05) is 18.4 Å². The van der Waals surface area contributed by atoms with Crippen LogP contribution in [0.5, 0.6) is 0 Å². The first-order valence-corrected chi connectivity index (χ1v) is 8.22. The molecule has 3 rings (SSSR count). The molecule has 1 amide bonds. The van der Waals surface area contributed by atoms with E-state index in [9.17, 15) is 13.2 Å². The number of anilines is 2. The first-order valence-electron chi connectivity index (χ1n) is 6.73. The average Bonchev–Trinajstić information content (AvgIpc) is 2.90. The summed E-state index contributed by atoms with van der Waals surface area (Å²) < 4.78 is 27.5. The minimum atomic E-state index is -3.72. The molecule has 0 unspecified atom stereocenters. The molecule has 0 aliphatic carbocycles. The molecule has 0 saturated heterocycles. The lowest BCUT2D eigenvalue weighted by molar-refractivity contribution is -0.117. The van der Waals surface area contributed by atoms with Crippen molar-refractivity contribution in [2.45, 2.75) is 25.2 Å². The first-order chi connectivity index (χ1) is 10.3. The quantitative estimate of drug-likeness (QED) is 0.892. The Morgan fingerprint density at radius 1 is 1.32 bits per heavy atom. The summed E-state index contributed by atoms with van der Waals surface area (Å²) in [6.07, 6.45) is 0.283. The lowest BCUT2D eigenvalue weighted by atomic mass is 10.1. The predicted molar refractivity (Wildman–Crippen MR) is 82.4 cm³/mol. The van der Waals surface area contributed by atoms with E-state index >= 15 is 0 Å². The molecule has 0 radical (unpaired) electrons. The molecule has 2 heterocycles. The van der Waals surface area contributed by atoms with Crippen LogP contribution in [0, 0.1) is 13.8 Å². The van der Waals surface area contributed by atoms with Crippen molar-refractivity contribution in [3.63, 3.8) is 0 Å². The summed E-state index contributed by atoms with van der Waals surface area (Å²) in [6, 6.07) is 5.09. The summed E-state index contributed by atoms with van der Waals surface area (Å²) in [5.74, 6) is -0.00321. The highest BCUT2D eigenvalue weighted by molar-refractivity contribution is 7.92. The normalized spacial score (nSPS) is 14.3. The number of sulfonamides is 1. The molecule has 0 atom stereocenters. The summed E-state index contributed by atoms with van der Waals surface area (Å²) in [6.45, 7) is 3.29. The second-order valence-electron chi connectivity index (χ2n) is 5.34. The van der Waals surface area contributed by atoms with E-state index in [4.69, 9.17) is 0 Å². The van der Waals surface area contributed by atoms with E-state index in [-0.39, 0.29) is 17.2 Å². The van der Waals surface area contributed by atoms with Crippen LogP contribution in [-0.2, 0) is 21.2 Å². The standard InChI is InChI=1S/C14H16N4O3S/c1-8-14(9(2)16-15-8)22(20,21)17-11-4-5-12-10(6-11)7-13(19)18(12)3/h4-6,17H,7H2,1-3H3,(H,15,16). The fourth-order valence-corrected chi connectivity index (χ4v) is 4.10. The smallest absolute Gasteiger partial charge is 0.265 e. The molecule has 7 nitrogen and oxygen atoms in total. The van der Waals surface area contributed by atoms with Crippen LogP contribution in [0.3, 0.4) is 0 Å². The molecule has 22 heavy (non-hydrogen) atoms. The van der Waals surface area contributed by atoms with E-state index in [1.807, 2.05) is 0 Å². The molecular weight excluding hydrogens is 304 g/mol. The predicted octanol–water partition coefficient (Wildman–Crippen LogP) is 1.35. The van der Waals surface area contributed by atoms with E-state index in [2.05, 4.69) is 14.9 Å². The largest absolute Gasteiger partial charge is 0.315 e. The van der Waals surface area contributed by atoms with Gasteiger partial charge < -0.3 is 4.90 Å². The van der Waals surface area contributed by atoms with Gasteiger partial charge in [0.2, 0.25) is 5.91 Å². The van der Waals surface area contributed by atoms with Crippen LogP contribution in [-0.4, -0.2) is 31.6 Å². The van der Waals surface area contributed by atoms with Crippen LogP contribution in [0.1, 0.15) is 17.0 Å². The molecule has 1 aromatic carbocycles. The van der Waals surface area contributed by atoms with Crippen molar-refractivity contribution < 1.29 is 13.2 Å². The molecule has 2 N–H and O–H groups in total. The Morgan fingerprint density at radius 3 is 2.68 bits per heavy atom. The number of aryl methyl sites for hydroxylation is 2. The maximum atomic E-state index is 12.5. The van der Waals surface area contributed by atoms with E-state index in [1.54, 1.807) is 44.0 Å². The number of fused-ring (bicyclic) bond motifs is 1. The van der Waals surface area contributed by atoms with Gasteiger partial charge in [-0.2, -0.15) is 5.10 Å². The second-order valence-corrected chi connectivity index (χ2v) is 6.96. The van der Waals surface area contributed by atoms with Crippen molar-refractivity contribution in [1.29, 1.82) is 0 Å². The van der Waals surface area contributed by atoms with Crippen LogP contribution >= 0.6 is 0 Å². The number of H-pyrrole nitrogens is 1. The third kappa shape index (κ3) is 2.25. The first kappa shape index (κ1) is 14.6. The summed E-state index contributed by atoms with van der Waals surface area (Å²) in [7, 11) is -2.01. The second kappa shape index (κ2) is 4.84. The van der Waals surface area contributed by atoms with Gasteiger partial charge in [0.1, 0.15) is 4.90 Å². The van der Waals surface area contributed by atoms with Gasteiger partial charge in [0.05, 0.1) is 17.8 Å². The number of aromatic amines is 1. The number of nitrogens with one attached hydrogen (secondary N) is 2. The van der Waals surface area contributed by atoms with Crippen LogP contribution in [0.25, 0.3) is 0 Å². The number of rotatable bonds is 3. The molecule has 1 aromatic heterocycles. The van der Waals surface area contributed by atoms with Crippen molar-refractivity contribution in [3.05, 3.63) is 35.2 Å². The van der Waals surface area contributed by atoms with Gasteiger partial charge in [-0.15, -0.1) is 0 Å². The third-order valence-electron chi connectivity index (χ3n) is 3.74. The Hall–Kier alpha value is -2.35. The number of aromatic nitrogens is 2. The highest BCUT2D eigenvalue weighted by Gasteiger charge is 2.26. The van der Waals surface area contributed by atoms with Crippen LogP contribution in [0.2, 0.25) is 0 Å². The Morgan fingerprint density at radius 2 is 2.05 bits per heavy atom. The molecule has 8 heteroatoms. The number of carbonyl (C=O) groups excluding carboxylic acids is 1. The van der Waals surface area contributed by atoms with Gasteiger partial charge in [0.25, 0.3) is 10.0 Å². The van der Waals surface area contributed by atoms with Crippen molar-refractivity contribution in [3.8, 4) is 0 Å². The van der Waals surface area contributed by atoms with Gasteiger partial charge in [-0.1, -0.05) is 0 Å². The van der Waals surface area contributed by atoms with E-state index in [0.29, 0.717) is 17.1 Å². The molecule has 1 aliphatic rings. The maximum Gasteiger partial charge on any atom is 0.265 e. The zero-order chi connectivity index (χ0) is 16.1. The van der Waals surface area contributed by atoms with Crippen LogP contribution < -0.4 is 9.62 Å². The number of carbonyl (C=O) groups is 1. The highest BCUT2D eigenvalue weighted by Crippen LogP contribution is 2.31. The fourth-order valence-electron chi connectivity index (χ4n) is 2.68. The molecule has 0 spiro atoms. The summed E-state index contributed by atoms with van der Waals surface area (Å²) in [5.41, 5.74) is 2.96. The van der Waals surface area contributed by atoms with Crippen molar-refractivity contribution >= 4 is 27.3 Å². The zero-order valence-corrected chi connectivity index (χ0v) is 13.3. The highest BCUT2D eigenvalue weighted by atomic mass is 32.2. The number of nitrogens with zero attached hydrogens (tertiary/aromatic N) is 2. The zero-order valence-electron chi connectivity index (χ0n) is 12.5. The Kier molecular flexibility index (Phi) is 3.21.